The number of hydrogen-bond donors (Lipinski definition) is 0. The van der Waals surface area contributed by atoms with E-state index in [4.69, 9.17) is 0 Å². The van der Waals surface area contributed by atoms with Crippen LogP contribution in [0.4, 0.5) is 5.69 Å². The summed E-state index contributed by atoms with van der Waals surface area (Å²) in [5.41, 5.74) is 2.22. The predicted molar refractivity (Wildman–Crippen MR) is 101 cm³/mol. The Morgan fingerprint density at radius 1 is 1.00 bits per heavy atom. The molecule has 0 N–H and O–H groups in total. The second kappa shape index (κ2) is 10.2. The van der Waals surface area contributed by atoms with Gasteiger partial charge in [0.25, 0.3) is 0 Å². The standard InChI is InChI=1S/C19H25BrN3/c1-22(18-11-5-4-6-12-18)21-17-19-13-7-10-16-23(19)15-9-3-2-8-14-20/h4-7,10-13,16-17H,2-3,8-9,14-15H2,1H3/q+1. The van der Waals surface area contributed by atoms with Gasteiger partial charge in [0.1, 0.15) is 12.8 Å². The normalized spacial score (nSPS) is 11.0. The number of aromatic nitrogens is 1. The Bertz CT molecular complexity index is 599. The van der Waals surface area contributed by atoms with Crippen LogP contribution in [0, 0.1) is 0 Å². The van der Waals surface area contributed by atoms with Crippen molar-refractivity contribution in [2.24, 2.45) is 5.10 Å². The lowest BCUT2D eigenvalue weighted by molar-refractivity contribution is -0.698. The fourth-order valence-electron chi connectivity index (χ4n) is 2.40. The van der Waals surface area contributed by atoms with Crippen molar-refractivity contribution in [3.63, 3.8) is 0 Å². The highest BCUT2D eigenvalue weighted by Crippen LogP contribution is 2.10. The molecule has 0 fully saturated rings. The molecule has 2 aromatic rings. The van der Waals surface area contributed by atoms with E-state index in [2.05, 4.69) is 62.1 Å². The van der Waals surface area contributed by atoms with Gasteiger partial charge in [0.2, 0.25) is 5.69 Å². The number of anilines is 1. The molecule has 0 saturated carbocycles. The second-order valence-corrected chi connectivity index (χ2v) is 6.32. The van der Waals surface area contributed by atoms with Crippen LogP contribution >= 0.6 is 15.9 Å². The number of hydrogen-bond acceptors (Lipinski definition) is 2. The first-order valence-electron chi connectivity index (χ1n) is 8.18. The first-order chi connectivity index (χ1) is 11.3. The molecule has 0 radical (unpaired) electrons. The third-order valence-electron chi connectivity index (χ3n) is 3.75. The van der Waals surface area contributed by atoms with Crippen molar-refractivity contribution in [2.75, 3.05) is 17.4 Å². The number of para-hydroxylation sites is 1. The molecule has 1 heterocycles. The lowest BCUT2D eigenvalue weighted by atomic mass is 10.2. The molecule has 0 saturated heterocycles. The van der Waals surface area contributed by atoms with Crippen molar-refractivity contribution in [3.8, 4) is 0 Å². The molecule has 0 unspecified atom stereocenters. The average molecular weight is 375 g/mol. The molecule has 1 aromatic carbocycles. The smallest absolute Gasteiger partial charge is 0.225 e. The van der Waals surface area contributed by atoms with Gasteiger partial charge in [-0.05, 0) is 31.0 Å². The van der Waals surface area contributed by atoms with Crippen LogP contribution in [0.1, 0.15) is 31.4 Å². The number of halogens is 1. The third kappa shape index (κ3) is 6.14. The molecular formula is C19H25BrN3+. The molecule has 4 heteroatoms. The van der Waals surface area contributed by atoms with Gasteiger partial charge in [-0.25, -0.2) is 0 Å². The molecule has 1 aromatic heterocycles. The van der Waals surface area contributed by atoms with E-state index in [0.29, 0.717) is 0 Å². The van der Waals surface area contributed by atoms with E-state index in [1.54, 1.807) is 0 Å². The number of hydrazone groups is 1. The number of unbranched alkanes of at least 4 members (excludes halogenated alkanes) is 3. The largest absolute Gasteiger partial charge is 0.268 e. The minimum Gasteiger partial charge on any atom is -0.268 e. The van der Waals surface area contributed by atoms with E-state index in [-0.39, 0.29) is 0 Å². The van der Waals surface area contributed by atoms with Gasteiger partial charge < -0.3 is 0 Å². The van der Waals surface area contributed by atoms with Crippen LogP contribution in [-0.4, -0.2) is 18.6 Å². The van der Waals surface area contributed by atoms with Crippen LogP contribution in [0.2, 0.25) is 0 Å². The van der Waals surface area contributed by atoms with Crippen molar-refractivity contribution in [2.45, 2.75) is 32.2 Å². The van der Waals surface area contributed by atoms with Crippen molar-refractivity contribution < 1.29 is 4.57 Å². The molecule has 122 valence electrons. The Hall–Kier alpha value is -1.68. The zero-order valence-corrected chi connectivity index (χ0v) is 15.3. The van der Waals surface area contributed by atoms with Gasteiger partial charge in [0.05, 0.1) is 5.69 Å². The van der Waals surface area contributed by atoms with Crippen LogP contribution in [0.15, 0.2) is 59.8 Å². The number of alkyl halides is 1. The van der Waals surface area contributed by atoms with Gasteiger partial charge in [-0.2, -0.15) is 9.67 Å². The molecule has 0 aliphatic heterocycles. The van der Waals surface area contributed by atoms with Gasteiger partial charge in [-0.15, -0.1) is 0 Å². The van der Waals surface area contributed by atoms with Crippen molar-refractivity contribution in [1.82, 2.24) is 0 Å². The van der Waals surface area contributed by atoms with E-state index in [1.165, 1.54) is 25.7 Å². The molecule has 0 aliphatic rings. The van der Waals surface area contributed by atoms with E-state index in [1.807, 2.05) is 36.5 Å². The fraction of sp³-hybridized carbons (Fsp3) is 0.368. The summed E-state index contributed by atoms with van der Waals surface area (Å²) in [4.78, 5) is 0. The number of benzene rings is 1. The van der Waals surface area contributed by atoms with E-state index < -0.39 is 0 Å². The van der Waals surface area contributed by atoms with Crippen LogP contribution in [0.3, 0.4) is 0 Å². The maximum Gasteiger partial charge on any atom is 0.225 e. The van der Waals surface area contributed by atoms with Gasteiger partial charge in [0, 0.05) is 30.9 Å². The first-order valence-corrected chi connectivity index (χ1v) is 9.30. The minimum atomic E-state index is 1.04. The summed E-state index contributed by atoms with van der Waals surface area (Å²) >= 11 is 3.48. The minimum absolute atomic E-state index is 1.04. The lowest BCUT2D eigenvalue weighted by Crippen LogP contribution is -2.38. The molecule has 0 atom stereocenters. The van der Waals surface area contributed by atoms with E-state index in [0.717, 1.165) is 23.3 Å². The molecule has 0 bridgehead atoms. The van der Waals surface area contributed by atoms with Crippen LogP contribution in [-0.2, 0) is 6.54 Å². The SMILES string of the molecule is CN(/N=C/c1cccc[n+]1CCCCCCBr)c1ccccc1. The maximum absolute atomic E-state index is 4.56. The van der Waals surface area contributed by atoms with Gasteiger partial charge in [0.15, 0.2) is 6.20 Å². The topological polar surface area (TPSA) is 19.5 Å². The maximum atomic E-state index is 4.56. The Morgan fingerprint density at radius 2 is 1.74 bits per heavy atom. The lowest BCUT2D eigenvalue weighted by Gasteiger charge is -2.11. The third-order valence-corrected chi connectivity index (χ3v) is 4.31. The zero-order chi connectivity index (χ0) is 16.3. The Kier molecular flexibility index (Phi) is 7.81. The first kappa shape index (κ1) is 17.7. The van der Waals surface area contributed by atoms with Crippen LogP contribution in [0.5, 0.6) is 0 Å². The van der Waals surface area contributed by atoms with Gasteiger partial charge in [-0.3, -0.25) is 5.01 Å². The van der Waals surface area contributed by atoms with E-state index >= 15 is 0 Å². The second-order valence-electron chi connectivity index (χ2n) is 5.53. The average Bonchev–Trinajstić information content (AvgIpc) is 2.61. The Morgan fingerprint density at radius 3 is 2.52 bits per heavy atom. The quantitative estimate of drug-likeness (QED) is 0.209. The summed E-state index contributed by atoms with van der Waals surface area (Å²) in [6, 6.07) is 16.4. The number of rotatable bonds is 9. The molecular weight excluding hydrogens is 350 g/mol. The summed E-state index contributed by atoms with van der Waals surface area (Å²) in [5, 5.41) is 7.57. The summed E-state index contributed by atoms with van der Waals surface area (Å²) in [6.07, 6.45) is 9.10. The van der Waals surface area contributed by atoms with Crippen LogP contribution in [0.25, 0.3) is 0 Å². The molecule has 23 heavy (non-hydrogen) atoms. The zero-order valence-electron chi connectivity index (χ0n) is 13.7. The number of pyridine rings is 1. The van der Waals surface area contributed by atoms with Gasteiger partial charge >= 0.3 is 0 Å². The van der Waals surface area contributed by atoms with Crippen molar-refractivity contribution in [3.05, 3.63) is 60.4 Å². The number of aryl methyl sites for hydroxylation is 1. The van der Waals surface area contributed by atoms with Gasteiger partial charge in [-0.1, -0.05) is 40.5 Å². The molecule has 2 rings (SSSR count). The number of nitrogens with zero attached hydrogens (tertiary/aromatic N) is 3. The van der Waals surface area contributed by atoms with Crippen LogP contribution < -0.4 is 9.58 Å². The highest BCUT2D eigenvalue weighted by atomic mass is 79.9. The fourth-order valence-corrected chi connectivity index (χ4v) is 2.79. The van der Waals surface area contributed by atoms with E-state index in [9.17, 15) is 0 Å². The molecule has 3 nitrogen and oxygen atoms in total. The summed E-state index contributed by atoms with van der Waals surface area (Å²) in [5.74, 6) is 0. The Labute approximate surface area is 147 Å². The molecule has 0 amide bonds. The van der Waals surface area contributed by atoms with Crippen molar-refractivity contribution >= 4 is 27.8 Å². The highest BCUT2D eigenvalue weighted by molar-refractivity contribution is 9.09. The van der Waals surface area contributed by atoms with Crippen molar-refractivity contribution in [1.29, 1.82) is 0 Å². The monoisotopic (exact) mass is 374 g/mol. The molecule has 0 spiro atoms. The summed E-state index contributed by atoms with van der Waals surface area (Å²) in [7, 11) is 1.97. The summed E-state index contributed by atoms with van der Waals surface area (Å²) < 4.78 is 2.27. The highest BCUT2D eigenvalue weighted by Gasteiger charge is 2.07. The summed E-state index contributed by atoms with van der Waals surface area (Å²) in [6.45, 7) is 1.04. The predicted octanol–water partition coefficient (Wildman–Crippen LogP) is 4.40. The Balaban J connectivity index is 1.95. The molecule has 0 aliphatic carbocycles.